The Morgan fingerprint density at radius 3 is 2.62 bits per heavy atom. The number of carbonyl (C=O) groups is 1. The topological polar surface area (TPSA) is 92.9 Å². The summed E-state index contributed by atoms with van der Waals surface area (Å²) in [6, 6.07) is 7.94. The van der Waals surface area contributed by atoms with E-state index in [0.717, 1.165) is 29.9 Å². The summed E-state index contributed by atoms with van der Waals surface area (Å²) < 4.78 is 1.70. The molecule has 10 heteroatoms. The summed E-state index contributed by atoms with van der Waals surface area (Å²) >= 11 is 1.36. The number of carbonyl (C=O) groups excluding carboxylic acids is 1. The van der Waals surface area contributed by atoms with E-state index in [-0.39, 0.29) is 5.91 Å². The summed E-state index contributed by atoms with van der Waals surface area (Å²) in [5, 5.41) is 12.6. The molecule has 0 spiro atoms. The predicted octanol–water partition coefficient (Wildman–Crippen LogP) is 1.51. The maximum Gasteiger partial charge on any atom is 0.233 e. The lowest BCUT2D eigenvalue weighted by Gasteiger charge is -2.34. The lowest BCUT2D eigenvalue weighted by Crippen LogP contribution is -2.49. The van der Waals surface area contributed by atoms with Crippen molar-refractivity contribution in [1.82, 2.24) is 35.1 Å². The van der Waals surface area contributed by atoms with Gasteiger partial charge in [0.2, 0.25) is 17.0 Å². The molecule has 0 radical (unpaired) electrons. The Morgan fingerprint density at radius 1 is 1.10 bits per heavy atom. The first-order chi connectivity index (χ1) is 14.1. The highest BCUT2D eigenvalue weighted by Crippen LogP contribution is 2.22. The molecule has 3 aromatic rings. The van der Waals surface area contributed by atoms with Crippen molar-refractivity contribution in [2.24, 2.45) is 0 Å². The molecule has 9 nitrogen and oxygen atoms in total. The van der Waals surface area contributed by atoms with E-state index in [1.807, 2.05) is 30.9 Å². The average molecular weight is 411 g/mol. The van der Waals surface area contributed by atoms with Gasteiger partial charge < -0.3 is 9.80 Å². The summed E-state index contributed by atoms with van der Waals surface area (Å²) in [6.45, 7) is 6.80. The van der Waals surface area contributed by atoms with Crippen LogP contribution in [0.25, 0.3) is 5.69 Å². The van der Waals surface area contributed by atoms with Crippen LogP contribution in [0, 0.1) is 13.8 Å². The third-order valence-corrected chi connectivity index (χ3v) is 5.73. The number of aromatic nitrogens is 6. The number of amides is 1. The number of aryl methyl sites for hydroxylation is 2. The third-order valence-electron chi connectivity index (χ3n) is 4.83. The number of nitrogens with zero attached hydrogens (tertiary/aromatic N) is 8. The monoisotopic (exact) mass is 410 g/mol. The van der Waals surface area contributed by atoms with Gasteiger partial charge in [-0.1, -0.05) is 23.9 Å². The van der Waals surface area contributed by atoms with Crippen LogP contribution < -0.4 is 4.90 Å². The number of piperazine rings is 1. The zero-order chi connectivity index (χ0) is 20.2. The number of anilines is 1. The second kappa shape index (κ2) is 8.56. The highest BCUT2D eigenvalue weighted by molar-refractivity contribution is 7.99. The first-order valence-electron chi connectivity index (χ1n) is 9.40. The lowest BCUT2D eigenvalue weighted by atomic mass is 10.1. The molecular weight excluding hydrogens is 388 g/mol. The Bertz CT molecular complexity index is 985. The summed E-state index contributed by atoms with van der Waals surface area (Å²) in [4.78, 5) is 25.2. The van der Waals surface area contributed by atoms with Crippen LogP contribution in [0.5, 0.6) is 0 Å². The molecule has 1 aliphatic heterocycles. The summed E-state index contributed by atoms with van der Waals surface area (Å²) in [5.74, 6) is 1.09. The van der Waals surface area contributed by atoms with Gasteiger partial charge in [0.05, 0.1) is 11.4 Å². The quantitative estimate of drug-likeness (QED) is 0.585. The first kappa shape index (κ1) is 19.3. The highest BCUT2D eigenvalue weighted by atomic mass is 32.2. The van der Waals surface area contributed by atoms with Gasteiger partial charge in [-0.3, -0.25) is 4.79 Å². The zero-order valence-electron chi connectivity index (χ0n) is 16.4. The molecule has 0 aliphatic carbocycles. The summed E-state index contributed by atoms with van der Waals surface area (Å²) in [6.07, 6.45) is 3.47. The molecule has 0 atom stereocenters. The van der Waals surface area contributed by atoms with Crippen LogP contribution in [0.15, 0.2) is 41.8 Å². The van der Waals surface area contributed by atoms with E-state index >= 15 is 0 Å². The van der Waals surface area contributed by atoms with Crippen LogP contribution in [-0.4, -0.2) is 72.9 Å². The van der Waals surface area contributed by atoms with Crippen LogP contribution in [0.4, 0.5) is 5.95 Å². The molecule has 2 aromatic heterocycles. The maximum atomic E-state index is 12.7. The molecule has 3 heterocycles. The average Bonchev–Trinajstić information content (AvgIpc) is 3.23. The zero-order valence-corrected chi connectivity index (χ0v) is 17.2. The normalized spacial score (nSPS) is 14.3. The van der Waals surface area contributed by atoms with E-state index in [2.05, 4.69) is 36.5 Å². The maximum absolute atomic E-state index is 12.7. The van der Waals surface area contributed by atoms with E-state index in [1.54, 1.807) is 23.1 Å². The molecule has 1 aliphatic rings. The Kier molecular flexibility index (Phi) is 5.70. The van der Waals surface area contributed by atoms with Crippen molar-refractivity contribution in [1.29, 1.82) is 0 Å². The fourth-order valence-electron chi connectivity index (χ4n) is 3.20. The molecular formula is C19H22N8OS. The molecule has 1 aromatic carbocycles. The van der Waals surface area contributed by atoms with Gasteiger partial charge in [0, 0.05) is 38.6 Å². The summed E-state index contributed by atoms with van der Waals surface area (Å²) in [5.41, 5.74) is 3.14. The van der Waals surface area contributed by atoms with Crippen molar-refractivity contribution in [3.8, 4) is 5.69 Å². The van der Waals surface area contributed by atoms with Gasteiger partial charge in [-0.25, -0.2) is 9.97 Å². The lowest BCUT2D eigenvalue weighted by molar-refractivity contribution is -0.128. The molecule has 0 saturated carbocycles. The Balaban J connectivity index is 1.35. The number of thioether (sulfide) groups is 1. The molecule has 150 valence electrons. The van der Waals surface area contributed by atoms with E-state index in [4.69, 9.17) is 0 Å². The van der Waals surface area contributed by atoms with Crippen LogP contribution in [0.1, 0.15) is 11.1 Å². The van der Waals surface area contributed by atoms with Gasteiger partial charge >= 0.3 is 0 Å². The number of hydrogen-bond acceptors (Lipinski definition) is 8. The molecule has 1 saturated heterocycles. The minimum atomic E-state index is 0.0825. The Morgan fingerprint density at radius 2 is 1.86 bits per heavy atom. The van der Waals surface area contributed by atoms with Crippen molar-refractivity contribution in [3.63, 3.8) is 0 Å². The smallest absolute Gasteiger partial charge is 0.233 e. The van der Waals surface area contributed by atoms with Gasteiger partial charge in [0.25, 0.3) is 0 Å². The molecule has 0 bridgehead atoms. The van der Waals surface area contributed by atoms with E-state index < -0.39 is 0 Å². The molecule has 1 fully saturated rings. The molecule has 4 rings (SSSR count). The van der Waals surface area contributed by atoms with Crippen LogP contribution in [0.3, 0.4) is 0 Å². The Hall–Kier alpha value is -3.01. The van der Waals surface area contributed by atoms with E-state index in [0.29, 0.717) is 29.9 Å². The second-order valence-electron chi connectivity index (χ2n) is 6.87. The predicted molar refractivity (Wildman–Crippen MR) is 110 cm³/mol. The molecule has 1 amide bonds. The fraction of sp³-hybridized carbons (Fsp3) is 0.368. The van der Waals surface area contributed by atoms with Crippen molar-refractivity contribution in [2.75, 3.05) is 36.8 Å². The SMILES string of the molecule is Cc1ccc(C)c(-n2nnnc2SCC(=O)N2CCN(c3ncccn3)CC2)c1. The van der Waals surface area contributed by atoms with Gasteiger partial charge in [0.1, 0.15) is 0 Å². The first-order valence-corrected chi connectivity index (χ1v) is 10.4. The van der Waals surface area contributed by atoms with Gasteiger partial charge in [0.15, 0.2) is 0 Å². The van der Waals surface area contributed by atoms with Crippen molar-refractivity contribution in [3.05, 3.63) is 47.8 Å². The number of benzene rings is 1. The second-order valence-corrected chi connectivity index (χ2v) is 7.81. The largest absolute Gasteiger partial charge is 0.338 e. The summed E-state index contributed by atoms with van der Waals surface area (Å²) in [7, 11) is 0. The minimum Gasteiger partial charge on any atom is -0.338 e. The van der Waals surface area contributed by atoms with Crippen LogP contribution in [0.2, 0.25) is 0 Å². The molecule has 29 heavy (non-hydrogen) atoms. The van der Waals surface area contributed by atoms with Crippen LogP contribution in [-0.2, 0) is 4.79 Å². The van der Waals surface area contributed by atoms with E-state index in [1.165, 1.54) is 11.8 Å². The minimum absolute atomic E-state index is 0.0825. The number of tetrazole rings is 1. The molecule has 0 N–H and O–H groups in total. The number of rotatable bonds is 5. The van der Waals surface area contributed by atoms with Gasteiger partial charge in [-0.15, -0.1) is 5.10 Å². The van der Waals surface area contributed by atoms with E-state index in [9.17, 15) is 4.79 Å². The van der Waals surface area contributed by atoms with Crippen molar-refractivity contribution in [2.45, 2.75) is 19.0 Å². The molecule has 0 unspecified atom stereocenters. The highest BCUT2D eigenvalue weighted by Gasteiger charge is 2.23. The van der Waals surface area contributed by atoms with Crippen molar-refractivity contribution < 1.29 is 4.79 Å². The standard InChI is InChI=1S/C19H22N8OS/c1-14-4-5-15(2)16(12-14)27-19(22-23-24-27)29-13-17(28)25-8-10-26(11-9-25)18-20-6-3-7-21-18/h3-7,12H,8-11,13H2,1-2H3. The number of hydrogen-bond donors (Lipinski definition) is 0. The third kappa shape index (κ3) is 4.37. The fourth-order valence-corrected chi connectivity index (χ4v) is 3.98. The van der Waals surface area contributed by atoms with Gasteiger partial charge in [-0.2, -0.15) is 4.68 Å². The van der Waals surface area contributed by atoms with Crippen molar-refractivity contribution >= 4 is 23.6 Å². The van der Waals surface area contributed by atoms with Gasteiger partial charge in [-0.05, 0) is 47.5 Å². The van der Waals surface area contributed by atoms with Crippen LogP contribution >= 0.6 is 11.8 Å². The Labute approximate surface area is 173 Å².